The maximum Gasteiger partial charge on any atom is 0.163 e. The van der Waals surface area contributed by atoms with E-state index in [-0.39, 0.29) is 5.78 Å². The van der Waals surface area contributed by atoms with Crippen LogP contribution in [0.5, 0.6) is 5.75 Å². The topological polar surface area (TPSA) is 44.1 Å². The molecule has 0 aliphatic heterocycles. The summed E-state index contributed by atoms with van der Waals surface area (Å²) in [5, 5.41) is 4.09. The number of nitrogens with zero attached hydrogens (tertiary/aromatic N) is 2. The number of methoxy groups -OCH3 is 1. The van der Waals surface area contributed by atoms with E-state index >= 15 is 0 Å². The van der Waals surface area contributed by atoms with Crippen LogP contribution in [0, 0.1) is 6.92 Å². The fourth-order valence-electron chi connectivity index (χ4n) is 2.00. The molecule has 0 aliphatic rings. The molecule has 0 atom stereocenters. The SMILES string of the molecule is COc1cc(C(=O)CCc2cnn(C)c2)ccc1C. The van der Waals surface area contributed by atoms with E-state index in [1.165, 1.54) is 0 Å². The fraction of sp³-hybridized carbons (Fsp3) is 0.333. The second-order valence-corrected chi connectivity index (χ2v) is 4.63. The molecule has 1 heterocycles. The van der Waals surface area contributed by atoms with Gasteiger partial charge in [0.2, 0.25) is 0 Å². The first kappa shape index (κ1) is 13.3. The summed E-state index contributed by atoms with van der Waals surface area (Å²) in [6.07, 6.45) is 4.92. The molecule has 0 amide bonds. The van der Waals surface area contributed by atoms with E-state index in [9.17, 15) is 4.79 Å². The standard InChI is InChI=1S/C15H18N2O2/c1-11-4-6-13(8-15(11)19-3)14(18)7-5-12-9-16-17(2)10-12/h4,6,8-10H,5,7H2,1-3H3. The van der Waals surface area contributed by atoms with Crippen LogP contribution >= 0.6 is 0 Å². The smallest absolute Gasteiger partial charge is 0.163 e. The quantitative estimate of drug-likeness (QED) is 0.774. The third kappa shape index (κ3) is 3.22. The van der Waals surface area contributed by atoms with E-state index in [4.69, 9.17) is 4.74 Å². The van der Waals surface area contributed by atoms with Crippen molar-refractivity contribution in [1.29, 1.82) is 0 Å². The Morgan fingerprint density at radius 3 is 2.84 bits per heavy atom. The summed E-state index contributed by atoms with van der Waals surface area (Å²) in [7, 11) is 3.49. The van der Waals surface area contributed by atoms with Crippen LogP contribution < -0.4 is 4.74 Å². The second-order valence-electron chi connectivity index (χ2n) is 4.63. The molecule has 1 aromatic heterocycles. The molecular weight excluding hydrogens is 240 g/mol. The minimum atomic E-state index is 0.127. The van der Waals surface area contributed by atoms with E-state index in [1.54, 1.807) is 24.1 Å². The van der Waals surface area contributed by atoms with Crippen molar-refractivity contribution >= 4 is 5.78 Å². The first-order chi connectivity index (χ1) is 9.10. The van der Waals surface area contributed by atoms with Gasteiger partial charge in [-0.15, -0.1) is 0 Å². The molecule has 2 rings (SSSR count). The lowest BCUT2D eigenvalue weighted by Crippen LogP contribution is -2.02. The van der Waals surface area contributed by atoms with E-state index < -0.39 is 0 Å². The number of ketones is 1. The molecular formula is C15H18N2O2. The van der Waals surface area contributed by atoms with Gasteiger partial charge in [-0.2, -0.15) is 5.10 Å². The van der Waals surface area contributed by atoms with Crippen molar-refractivity contribution in [2.24, 2.45) is 7.05 Å². The van der Waals surface area contributed by atoms with Gasteiger partial charge < -0.3 is 4.74 Å². The third-order valence-electron chi connectivity index (χ3n) is 3.13. The summed E-state index contributed by atoms with van der Waals surface area (Å²) in [6.45, 7) is 1.96. The van der Waals surface area contributed by atoms with Crippen molar-refractivity contribution < 1.29 is 9.53 Å². The van der Waals surface area contributed by atoms with E-state index in [2.05, 4.69) is 5.10 Å². The van der Waals surface area contributed by atoms with E-state index in [1.807, 2.05) is 32.3 Å². The number of carbonyl (C=O) groups excluding carboxylic acids is 1. The molecule has 4 heteroatoms. The lowest BCUT2D eigenvalue weighted by atomic mass is 10.0. The van der Waals surface area contributed by atoms with Crippen molar-refractivity contribution in [1.82, 2.24) is 9.78 Å². The molecule has 0 fully saturated rings. The zero-order chi connectivity index (χ0) is 13.8. The van der Waals surface area contributed by atoms with Crippen LogP contribution in [0.2, 0.25) is 0 Å². The van der Waals surface area contributed by atoms with Gasteiger partial charge in [0.25, 0.3) is 0 Å². The minimum absolute atomic E-state index is 0.127. The van der Waals surface area contributed by atoms with Gasteiger partial charge in [0.05, 0.1) is 13.3 Å². The first-order valence-corrected chi connectivity index (χ1v) is 6.25. The molecule has 1 aromatic carbocycles. The highest BCUT2D eigenvalue weighted by molar-refractivity contribution is 5.96. The molecule has 0 N–H and O–H groups in total. The first-order valence-electron chi connectivity index (χ1n) is 6.25. The Labute approximate surface area is 113 Å². The Morgan fingerprint density at radius 1 is 1.42 bits per heavy atom. The molecule has 0 unspecified atom stereocenters. The Kier molecular flexibility index (Phi) is 4.00. The number of aryl methyl sites for hydroxylation is 3. The lowest BCUT2D eigenvalue weighted by Gasteiger charge is -2.06. The number of rotatable bonds is 5. The molecule has 19 heavy (non-hydrogen) atoms. The number of hydrogen-bond acceptors (Lipinski definition) is 3. The Bertz CT molecular complexity index is 588. The van der Waals surface area contributed by atoms with Crippen LogP contribution in [0.1, 0.15) is 27.9 Å². The molecule has 0 spiro atoms. The van der Waals surface area contributed by atoms with E-state index in [0.717, 1.165) is 16.9 Å². The zero-order valence-corrected chi connectivity index (χ0v) is 11.5. The number of carbonyl (C=O) groups is 1. The monoisotopic (exact) mass is 258 g/mol. The van der Waals surface area contributed by atoms with Gasteiger partial charge in [-0.05, 0) is 30.5 Å². The minimum Gasteiger partial charge on any atom is -0.496 e. The van der Waals surface area contributed by atoms with Crippen molar-refractivity contribution in [3.05, 3.63) is 47.3 Å². The Balaban J connectivity index is 2.03. The van der Waals surface area contributed by atoms with Gasteiger partial charge in [-0.3, -0.25) is 9.48 Å². The zero-order valence-electron chi connectivity index (χ0n) is 11.5. The Hall–Kier alpha value is -2.10. The molecule has 2 aromatic rings. The predicted molar refractivity (Wildman–Crippen MR) is 73.6 cm³/mol. The van der Waals surface area contributed by atoms with Crippen LogP contribution in [0.15, 0.2) is 30.6 Å². The van der Waals surface area contributed by atoms with Crippen molar-refractivity contribution in [2.45, 2.75) is 19.8 Å². The molecule has 0 radical (unpaired) electrons. The highest BCUT2D eigenvalue weighted by atomic mass is 16.5. The lowest BCUT2D eigenvalue weighted by molar-refractivity contribution is 0.0982. The maximum atomic E-state index is 12.1. The summed E-state index contributed by atoms with van der Waals surface area (Å²) >= 11 is 0. The highest BCUT2D eigenvalue weighted by Gasteiger charge is 2.09. The fourth-order valence-corrected chi connectivity index (χ4v) is 2.00. The van der Waals surface area contributed by atoms with Gasteiger partial charge in [-0.25, -0.2) is 0 Å². The van der Waals surface area contributed by atoms with Crippen molar-refractivity contribution in [3.63, 3.8) is 0 Å². The summed E-state index contributed by atoms with van der Waals surface area (Å²) in [6, 6.07) is 5.57. The van der Waals surface area contributed by atoms with Crippen LogP contribution in [0.3, 0.4) is 0 Å². The summed E-state index contributed by atoms with van der Waals surface area (Å²) in [5.74, 6) is 0.884. The summed E-state index contributed by atoms with van der Waals surface area (Å²) < 4.78 is 6.98. The van der Waals surface area contributed by atoms with Gasteiger partial charge in [0, 0.05) is 25.2 Å². The number of ether oxygens (including phenoxy) is 1. The second kappa shape index (κ2) is 5.69. The summed E-state index contributed by atoms with van der Waals surface area (Å²) in [5.41, 5.74) is 2.81. The van der Waals surface area contributed by atoms with Gasteiger partial charge >= 0.3 is 0 Å². The molecule has 0 bridgehead atoms. The number of benzene rings is 1. The number of hydrogen-bond donors (Lipinski definition) is 0. The molecule has 100 valence electrons. The van der Waals surface area contributed by atoms with Crippen LogP contribution in [0.25, 0.3) is 0 Å². The average Bonchev–Trinajstić information content (AvgIpc) is 2.82. The van der Waals surface area contributed by atoms with Crippen LogP contribution in [-0.2, 0) is 13.5 Å². The molecule has 0 saturated carbocycles. The predicted octanol–water partition coefficient (Wildman–Crippen LogP) is 2.55. The van der Waals surface area contributed by atoms with Crippen molar-refractivity contribution in [3.8, 4) is 5.75 Å². The highest BCUT2D eigenvalue weighted by Crippen LogP contribution is 2.20. The number of Topliss-reactive ketones (excluding diaryl/α,β-unsaturated/α-hetero) is 1. The van der Waals surface area contributed by atoms with Crippen molar-refractivity contribution in [2.75, 3.05) is 7.11 Å². The third-order valence-corrected chi connectivity index (χ3v) is 3.13. The largest absolute Gasteiger partial charge is 0.496 e. The Morgan fingerprint density at radius 2 is 2.21 bits per heavy atom. The average molecular weight is 258 g/mol. The normalized spacial score (nSPS) is 10.5. The molecule has 0 saturated heterocycles. The molecule has 4 nitrogen and oxygen atoms in total. The maximum absolute atomic E-state index is 12.1. The van der Waals surface area contributed by atoms with Crippen LogP contribution in [-0.4, -0.2) is 22.7 Å². The van der Waals surface area contributed by atoms with Gasteiger partial charge in [0.1, 0.15) is 5.75 Å². The number of aromatic nitrogens is 2. The van der Waals surface area contributed by atoms with E-state index in [0.29, 0.717) is 18.4 Å². The molecule has 0 aliphatic carbocycles. The van der Waals surface area contributed by atoms with Gasteiger partial charge in [0.15, 0.2) is 5.78 Å². The van der Waals surface area contributed by atoms with Gasteiger partial charge in [-0.1, -0.05) is 12.1 Å². The summed E-state index contributed by atoms with van der Waals surface area (Å²) in [4.78, 5) is 12.1. The van der Waals surface area contributed by atoms with Crippen LogP contribution in [0.4, 0.5) is 0 Å².